The van der Waals surface area contributed by atoms with Gasteiger partial charge in [0.15, 0.2) is 0 Å². The number of hydrogen-bond acceptors (Lipinski definition) is 8. The summed E-state index contributed by atoms with van der Waals surface area (Å²) in [6.45, 7) is 16.9. The molecule has 3 aromatic carbocycles. The molecule has 2 amide bonds. The first-order chi connectivity index (χ1) is 32.2. The predicted molar refractivity (Wildman–Crippen MR) is 279 cm³/mol. The summed E-state index contributed by atoms with van der Waals surface area (Å²) in [5.41, 5.74) is 9.87. The fourth-order valence-electron chi connectivity index (χ4n) is 9.81. The molecule has 0 unspecified atom stereocenters. The molecule has 2 aliphatic rings. The molecule has 0 bridgehead atoms. The topological polar surface area (TPSA) is 129 Å². The van der Waals surface area contributed by atoms with Crippen molar-refractivity contribution >= 4 is 46.4 Å². The second-order valence-corrected chi connectivity index (χ2v) is 18.9. The molecule has 0 saturated heterocycles. The van der Waals surface area contributed by atoms with Crippen LogP contribution in [-0.4, -0.2) is 107 Å². The molecule has 14 heteroatoms. The Morgan fingerprint density at radius 3 is 1.48 bits per heavy atom. The third-order valence-corrected chi connectivity index (χ3v) is 14.1. The molecule has 2 fully saturated rings. The molecule has 0 aliphatic heterocycles. The highest BCUT2D eigenvalue weighted by Crippen LogP contribution is 2.36. The zero-order valence-corrected chi connectivity index (χ0v) is 43.4. The fourth-order valence-corrected chi connectivity index (χ4v) is 10.2. The number of aromatic amines is 2. The van der Waals surface area contributed by atoms with Gasteiger partial charge in [-0.15, -0.1) is 0 Å². The van der Waals surface area contributed by atoms with Crippen LogP contribution in [0.2, 0.25) is 10.0 Å². The van der Waals surface area contributed by atoms with Crippen molar-refractivity contribution in [3.05, 3.63) is 117 Å². The molecule has 5 aromatic rings. The number of amides is 2. The number of H-pyrrole nitrogens is 2. The first-order valence-electron chi connectivity index (χ1n) is 24.3. The van der Waals surface area contributed by atoms with Gasteiger partial charge in [0.05, 0.1) is 42.8 Å². The lowest BCUT2D eigenvalue weighted by molar-refractivity contribution is 0.0941. The number of nitrogens with one attached hydrogen (secondary N) is 4. The maximum atomic E-state index is 13.3. The molecule has 2 aliphatic carbocycles. The van der Waals surface area contributed by atoms with Crippen molar-refractivity contribution in [2.45, 2.75) is 137 Å². The van der Waals surface area contributed by atoms with Crippen molar-refractivity contribution < 1.29 is 9.59 Å². The first-order valence-corrected chi connectivity index (χ1v) is 25.0. The molecular formula is C53H76Cl2N10O2. The summed E-state index contributed by atoms with van der Waals surface area (Å²) in [5, 5.41) is 7.24. The third kappa shape index (κ3) is 13.6. The van der Waals surface area contributed by atoms with Crippen LogP contribution in [-0.2, 0) is 13.1 Å². The van der Waals surface area contributed by atoms with Gasteiger partial charge >= 0.3 is 0 Å². The van der Waals surface area contributed by atoms with Crippen LogP contribution in [0.3, 0.4) is 0 Å². The Hall–Kier alpha value is -4.88. The van der Waals surface area contributed by atoms with E-state index in [-0.39, 0.29) is 11.8 Å². The molecule has 7 rings (SSSR count). The number of benzene rings is 3. The van der Waals surface area contributed by atoms with Crippen molar-refractivity contribution in [2.75, 3.05) is 51.1 Å². The molecule has 0 spiro atoms. The van der Waals surface area contributed by atoms with E-state index in [1.807, 2.05) is 77.1 Å². The second kappa shape index (κ2) is 25.5. The molecule has 0 radical (unpaired) electrons. The highest BCUT2D eigenvalue weighted by Gasteiger charge is 2.30. The summed E-state index contributed by atoms with van der Waals surface area (Å²) in [7, 11) is 8.67. The molecule has 2 saturated carbocycles. The minimum atomic E-state index is -0.132. The van der Waals surface area contributed by atoms with Gasteiger partial charge in [0, 0.05) is 81.1 Å². The van der Waals surface area contributed by atoms with Gasteiger partial charge in [0.2, 0.25) is 0 Å². The lowest BCUT2D eigenvalue weighted by Crippen LogP contribution is -2.42. The number of rotatable bonds is 15. The van der Waals surface area contributed by atoms with Gasteiger partial charge in [-0.25, -0.2) is 9.97 Å². The normalized spacial score (nSPS) is 18.1. The van der Waals surface area contributed by atoms with Crippen LogP contribution in [0.15, 0.2) is 67.3 Å². The third-order valence-electron chi connectivity index (χ3n) is 13.7. The predicted octanol–water partition coefficient (Wildman–Crippen LogP) is 11.0. The number of anilines is 2. The highest BCUT2D eigenvalue weighted by atomic mass is 35.5. The monoisotopic (exact) mass is 955 g/mol. The summed E-state index contributed by atoms with van der Waals surface area (Å²) in [5.74, 6) is -0.252. The van der Waals surface area contributed by atoms with Crippen LogP contribution in [0.25, 0.3) is 11.3 Å². The SMILES string of the molecule is CC.CCN(c1cc(Cl)cc(C(=O)NCc2[nH]cnc2-c2ccccc2)c1C)C1CCC(N(C)C)CC1.CCN(c1cc(Cl)cc(C(=O)NCc2nc[nH]c2C)c1C)C1CCC(N(C)C)CC1. The largest absolute Gasteiger partial charge is 0.369 e. The summed E-state index contributed by atoms with van der Waals surface area (Å²) >= 11 is 13.0. The van der Waals surface area contributed by atoms with Gasteiger partial charge in [0.25, 0.3) is 11.8 Å². The van der Waals surface area contributed by atoms with Crippen LogP contribution in [0.5, 0.6) is 0 Å². The minimum Gasteiger partial charge on any atom is -0.369 e. The van der Waals surface area contributed by atoms with Crippen LogP contribution in [0.4, 0.5) is 11.4 Å². The van der Waals surface area contributed by atoms with E-state index >= 15 is 0 Å². The molecule has 4 N–H and O–H groups in total. The quantitative estimate of drug-likeness (QED) is 0.0817. The van der Waals surface area contributed by atoms with E-state index in [1.54, 1.807) is 24.8 Å². The van der Waals surface area contributed by atoms with Crippen LogP contribution >= 0.6 is 23.2 Å². The minimum absolute atomic E-state index is 0.119. The molecule has 0 atom stereocenters. The van der Waals surface area contributed by atoms with E-state index in [1.165, 1.54) is 25.7 Å². The molecule has 12 nitrogen and oxygen atoms in total. The van der Waals surface area contributed by atoms with Crippen LogP contribution in [0, 0.1) is 20.8 Å². The maximum absolute atomic E-state index is 13.3. The molecule has 364 valence electrons. The van der Waals surface area contributed by atoms with Crippen molar-refractivity contribution in [3.8, 4) is 11.3 Å². The number of carbonyl (C=O) groups is 2. The molecule has 2 aromatic heterocycles. The van der Waals surface area contributed by atoms with E-state index in [2.05, 4.69) is 92.2 Å². The summed E-state index contributed by atoms with van der Waals surface area (Å²) < 4.78 is 0. The highest BCUT2D eigenvalue weighted by molar-refractivity contribution is 6.31. The number of imidazole rings is 2. The Kier molecular flexibility index (Phi) is 20.2. The standard InChI is InChI=1S/C28H36ClN5O.C23H34ClN5O.C2H6/c1-5-34(23-13-11-22(12-14-23)33(3)4)26-16-21(29)15-24(19(26)2)28(35)30-17-25-27(32-18-31-25)20-9-7-6-8-10-20;1-6-29(19-9-7-18(8-10-19)28(4)5)22-12-17(24)11-20(15(22)2)23(30)25-13-21-16(3)26-14-27-21;1-2/h6-10,15-16,18,22-23H,5,11-14,17H2,1-4H3,(H,30,35)(H,31,32);11-12,14,18-19H,6-10,13H2,1-5H3,(H,25,30)(H,26,27);1-2H3. The van der Waals surface area contributed by atoms with Gasteiger partial charge in [-0.3, -0.25) is 9.59 Å². The number of hydrogen-bond donors (Lipinski definition) is 4. The van der Waals surface area contributed by atoms with Crippen LogP contribution < -0.4 is 20.4 Å². The number of nitrogens with zero attached hydrogens (tertiary/aromatic N) is 6. The van der Waals surface area contributed by atoms with E-state index in [0.717, 1.165) is 89.6 Å². The molecule has 67 heavy (non-hydrogen) atoms. The summed E-state index contributed by atoms with van der Waals surface area (Å²) in [6, 6.07) is 19.8. The van der Waals surface area contributed by atoms with Gasteiger partial charge in [-0.1, -0.05) is 67.4 Å². The summed E-state index contributed by atoms with van der Waals surface area (Å²) in [6.07, 6.45) is 12.7. The van der Waals surface area contributed by atoms with E-state index in [9.17, 15) is 9.59 Å². The van der Waals surface area contributed by atoms with Crippen molar-refractivity contribution in [1.29, 1.82) is 0 Å². The lowest BCUT2D eigenvalue weighted by Gasteiger charge is -2.40. The van der Waals surface area contributed by atoms with E-state index in [4.69, 9.17) is 23.2 Å². The first kappa shape index (κ1) is 53.1. The van der Waals surface area contributed by atoms with Gasteiger partial charge in [-0.2, -0.15) is 0 Å². The number of carbonyl (C=O) groups excluding carboxylic acids is 2. The maximum Gasteiger partial charge on any atom is 0.251 e. The second-order valence-electron chi connectivity index (χ2n) is 18.1. The van der Waals surface area contributed by atoms with Crippen molar-refractivity contribution in [1.82, 2.24) is 40.4 Å². The molecular weight excluding hydrogens is 880 g/mol. The van der Waals surface area contributed by atoms with E-state index in [0.29, 0.717) is 58.4 Å². The van der Waals surface area contributed by atoms with Gasteiger partial charge in [0.1, 0.15) is 0 Å². The lowest BCUT2D eigenvalue weighted by atomic mass is 9.89. The zero-order chi connectivity index (χ0) is 48.8. The Labute approximate surface area is 410 Å². The average Bonchev–Trinajstić information content (AvgIpc) is 3.99. The summed E-state index contributed by atoms with van der Waals surface area (Å²) in [4.78, 5) is 50.7. The number of aromatic nitrogens is 4. The van der Waals surface area contributed by atoms with E-state index < -0.39 is 0 Å². The number of halogens is 2. The average molecular weight is 956 g/mol. The Morgan fingerprint density at radius 1 is 0.627 bits per heavy atom. The van der Waals surface area contributed by atoms with Gasteiger partial charge in [-0.05, 0) is 150 Å². The Balaban J connectivity index is 0.000000245. The van der Waals surface area contributed by atoms with Crippen molar-refractivity contribution in [2.24, 2.45) is 0 Å². The zero-order valence-electron chi connectivity index (χ0n) is 41.9. The Morgan fingerprint density at radius 2 is 1.06 bits per heavy atom. The van der Waals surface area contributed by atoms with Crippen LogP contribution in [0.1, 0.15) is 128 Å². The number of aryl methyl sites for hydroxylation is 1. The Bertz CT molecular complexity index is 2330. The van der Waals surface area contributed by atoms with Gasteiger partial charge < -0.3 is 40.2 Å². The fraction of sp³-hybridized carbons (Fsp3) is 0.509. The van der Waals surface area contributed by atoms with Crippen molar-refractivity contribution in [3.63, 3.8) is 0 Å². The smallest absolute Gasteiger partial charge is 0.251 e. The molecule has 2 heterocycles.